The average Bonchev–Trinajstić information content (AvgIpc) is 2.42. The number of carbonyl (C=O) groups is 1. The second-order valence-electron chi connectivity index (χ2n) is 4.03. The molecule has 3 N–H and O–H groups in total. The van der Waals surface area contributed by atoms with E-state index < -0.39 is 0 Å². The number of halogens is 2. The van der Waals surface area contributed by atoms with Crippen LogP contribution in [0.5, 0.6) is 5.75 Å². The van der Waals surface area contributed by atoms with Crippen LogP contribution in [0.2, 0.25) is 5.02 Å². The summed E-state index contributed by atoms with van der Waals surface area (Å²) < 4.78 is 6.48. The summed E-state index contributed by atoms with van der Waals surface area (Å²) in [5.74, 6) is 0.343. The van der Waals surface area contributed by atoms with Crippen molar-refractivity contribution < 1.29 is 9.53 Å². The first-order chi connectivity index (χ1) is 9.54. The molecule has 2 rings (SSSR count). The fourth-order valence-corrected chi connectivity index (χ4v) is 2.03. The van der Waals surface area contributed by atoms with Crippen LogP contribution in [0.25, 0.3) is 0 Å². The Morgan fingerprint density at radius 2 is 1.95 bits per heavy atom. The molecule has 104 valence electrons. The summed E-state index contributed by atoms with van der Waals surface area (Å²) in [4.78, 5) is 11.8. The Bertz CT molecular complexity index is 617. The number of hydrogen-bond donors (Lipinski definition) is 2. The van der Waals surface area contributed by atoms with E-state index in [1.54, 1.807) is 18.2 Å². The quantitative estimate of drug-likeness (QED) is 0.607. The Hall–Kier alpha value is -1.47. The second kappa shape index (κ2) is 6.81. The summed E-state index contributed by atoms with van der Waals surface area (Å²) >= 11 is 8.16. The van der Waals surface area contributed by atoms with Gasteiger partial charge < -0.3 is 15.8 Å². The molecule has 4 nitrogen and oxygen atoms in total. The van der Waals surface area contributed by atoms with Crippen LogP contribution in [0.15, 0.2) is 42.5 Å². The molecule has 0 fully saturated rings. The Morgan fingerprint density at radius 1 is 1.25 bits per heavy atom. The minimum absolute atomic E-state index is 0.0915. The van der Waals surface area contributed by atoms with Gasteiger partial charge in [-0.1, -0.05) is 11.6 Å². The van der Waals surface area contributed by atoms with E-state index in [-0.39, 0.29) is 12.5 Å². The van der Waals surface area contributed by atoms with E-state index in [4.69, 9.17) is 22.1 Å². The van der Waals surface area contributed by atoms with Crippen LogP contribution < -0.4 is 15.8 Å². The lowest BCUT2D eigenvalue weighted by molar-refractivity contribution is -0.118. The number of nitrogens with two attached hydrogens (primary N) is 1. The molecule has 0 unspecified atom stereocenters. The molecule has 0 spiro atoms. The third kappa shape index (κ3) is 4.28. The van der Waals surface area contributed by atoms with E-state index in [1.165, 1.54) is 0 Å². The first-order valence-corrected chi connectivity index (χ1v) is 7.23. The maximum atomic E-state index is 11.8. The van der Waals surface area contributed by atoms with Crippen molar-refractivity contribution in [3.05, 3.63) is 51.1 Å². The van der Waals surface area contributed by atoms with Crippen molar-refractivity contribution in [1.82, 2.24) is 0 Å². The number of anilines is 2. The zero-order valence-corrected chi connectivity index (χ0v) is 13.3. The zero-order valence-electron chi connectivity index (χ0n) is 10.4. The predicted molar refractivity (Wildman–Crippen MR) is 89.1 cm³/mol. The third-order valence-electron chi connectivity index (χ3n) is 2.45. The summed E-state index contributed by atoms with van der Waals surface area (Å²) in [5.41, 5.74) is 6.65. The Kier molecular flexibility index (Phi) is 5.08. The van der Waals surface area contributed by atoms with E-state index >= 15 is 0 Å². The molecule has 0 aliphatic heterocycles. The summed E-state index contributed by atoms with van der Waals surface area (Å²) in [6, 6.07) is 12.3. The highest BCUT2D eigenvalue weighted by molar-refractivity contribution is 14.1. The van der Waals surface area contributed by atoms with Gasteiger partial charge in [-0.15, -0.1) is 0 Å². The molecule has 0 radical (unpaired) electrons. The molecule has 0 heterocycles. The fourth-order valence-electron chi connectivity index (χ4n) is 1.50. The fraction of sp³-hybridized carbons (Fsp3) is 0.0714. The van der Waals surface area contributed by atoms with Gasteiger partial charge in [0, 0.05) is 9.26 Å². The lowest BCUT2D eigenvalue weighted by Crippen LogP contribution is -2.20. The largest absolute Gasteiger partial charge is 0.484 e. The minimum Gasteiger partial charge on any atom is -0.484 e. The van der Waals surface area contributed by atoms with Crippen molar-refractivity contribution >= 4 is 51.5 Å². The molecular formula is C14H12ClIN2O2. The second-order valence-corrected chi connectivity index (χ2v) is 5.68. The van der Waals surface area contributed by atoms with Crippen molar-refractivity contribution in [1.29, 1.82) is 0 Å². The van der Waals surface area contributed by atoms with E-state index in [0.717, 1.165) is 3.57 Å². The molecule has 0 atom stereocenters. The van der Waals surface area contributed by atoms with E-state index in [1.807, 2.05) is 24.3 Å². The third-order valence-corrected chi connectivity index (χ3v) is 3.50. The molecule has 0 bridgehead atoms. The van der Waals surface area contributed by atoms with E-state index in [9.17, 15) is 4.79 Å². The number of carbonyl (C=O) groups excluding carboxylic acids is 1. The number of benzene rings is 2. The molecule has 1 amide bonds. The van der Waals surface area contributed by atoms with Crippen molar-refractivity contribution in [2.24, 2.45) is 0 Å². The van der Waals surface area contributed by atoms with Crippen LogP contribution in [0.1, 0.15) is 0 Å². The van der Waals surface area contributed by atoms with Crippen molar-refractivity contribution in [3.63, 3.8) is 0 Å². The molecular weight excluding hydrogens is 391 g/mol. The van der Waals surface area contributed by atoms with Crippen molar-refractivity contribution in [2.45, 2.75) is 0 Å². The van der Waals surface area contributed by atoms with E-state index in [0.29, 0.717) is 22.1 Å². The van der Waals surface area contributed by atoms with Gasteiger partial charge in [0.25, 0.3) is 5.91 Å². The average molecular weight is 403 g/mol. The van der Waals surface area contributed by atoms with Gasteiger partial charge in [0.2, 0.25) is 0 Å². The molecule has 0 aliphatic rings. The van der Waals surface area contributed by atoms with Gasteiger partial charge in [0.15, 0.2) is 6.61 Å². The molecule has 2 aromatic carbocycles. The highest BCUT2D eigenvalue weighted by Crippen LogP contribution is 2.24. The van der Waals surface area contributed by atoms with Gasteiger partial charge in [-0.3, -0.25) is 4.79 Å². The Labute approximate surface area is 135 Å². The molecule has 0 aliphatic carbocycles. The highest BCUT2D eigenvalue weighted by atomic mass is 127. The summed E-state index contributed by atoms with van der Waals surface area (Å²) in [7, 11) is 0. The number of rotatable bonds is 4. The first kappa shape index (κ1) is 14.9. The van der Waals surface area contributed by atoms with Gasteiger partial charge in [0.05, 0.1) is 10.7 Å². The summed E-state index contributed by atoms with van der Waals surface area (Å²) in [6.45, 7) is -0.0915. The highest BCUT2D eigenvalue weighted by Gasteiger charge is 2.07. The number of nitrogens with one attached hydrogen (secondary N) is 1. The molecule has 0 aromatic heterocycles. The first-order valence-electron chi connectivity index (χ1n) is 5.78. The minimum atomic E-state index is -0.295. The molecule has 20 heavy (non-hydrogen) atoms. The van der Waals surface area contributed by atoms with Crippen LogP contribution in [0.3, 0.4) is 0 Å². The summed E-state index contributed by atoms with van der Waals surface area (Å²) in [6.07, 6.45) is 0. The zero-order chi connectivity index (χ0) is 14.5. The van der Waals surface area contributed by atoms with Gasteiger partial charge in [-0.2, -0.15) is 0 Å². The number of ether oxygens (including phenoxy) is 1. The normalized spacial score (nSPS) is 10.1. The topological polar surface area (TPSA) is 64.3 Å². The van der Waals surface area contributed by atoms with Crippen molar-refractivity contribution in [2.75, 3.05) is 17.7 Å². The van der Waals surface area contributed by atoms with E-state index in [2.05, 4.69) is 27.9 Å². The lowest BCUT2D eigenvalue weighted by Gasteiger charge is -2.09. The van der Waals surface area contributed by atoms with Crippen LogP contribution in [0, 0.1) is 3.57 Å². The monoisotopic (exact) mass is 402 g/mol. The Morgan fingerprint density at radius 3 is 2.65 bits per heavy atom. The molecule has 0 saturated carbocycles. The van der Waals surface area contributed by atoms with Crippen LogP contribution in [-0.4, -0.2) is 12.5 Å². The van der Waals surface area contributed by atoms with Crippen LogP contribution in [0.4, 0.5) is 11.4 Å². The molecule has 6 heteroatoms. The van der Waals surface area contributed by atoms with Crippen LogP contribution >= 0.6 is 34.2 Å². The van der Waals surface area contributed by atoms with Gasteiger partial charge in [0.1, 0.15) is 5.75 Å². The number of amides is 1. The molecule has 0 saturated heterocycles. The van der Waals surface area contributed by atoms with Crippen LogP contribution in [-0.2, 0) is 4.79 Å². The van der Waals surface area contributed by atoms with Gasteiger partial charge in [-0.05, 0) is 65.1 Å². The van der Waals surface area contributed by atoms with Crippen molar-refractivity contribution in [3.8, 4) is 5.75 Å². The number of hydrogen-bond acceptors (Lipinski definition) is 3. The summed E-state index contributed by atoms with van der Waals surface area (Å²) in [5, 5.41) is 3.09. The maximum Gasteiger partial charge on any atom is 0.262 e. The maximum absolute atomic E-state index is 11.8. The molecule has 2 aromatic rings. The smallest absolute Gasteiger partial charge is 0.262 e. The number of nitrogen functional groups attached to an aromatic ring is 1. The lowest BCUT2D eigenvalue weighted by atomic mass is 10.3. The van der Waals surface area contributed by atoms with Gasteiger partial charge >= 0.3 is 0 Å². The SMILES string of the molecule is Nc1ccc(Cl)c(NC(=O)COc2ccc(I)cc2)c1. The standard InChI is InChI=1S/C14H12ClIN2O2/c15-12-6-3-10(17)7-13(12)18-14(19)8-20-11-4-1-9(16)2-5-11/h1-7H,8,17H2,(H,18,19). The predicted octanol–water partition coefficient (Wildman–Crippen LogP) is 3.54. The Balaban J connectivity index is 1.92. The van der Waals surface area contributed by atoms with Gasteiger partial charge in [-0.25, -0.2) is 0 Å².